The molecule has 19 heavy (non-hydrogen) atoms. The summed E-state index contributed by atoms with van der Waals surface area (Å²) in [6, 6.07) is 0. The van der Waals surface area contributed by atoms with Gasteiger partial charge in [-0.2, -0.15) is 4.98 Å². The minimum atomic E-state index is 0.254. The van der Waals surface area contributed by atoms with Gasteiger partial charge < -0.3 is 4.52 Å². The summed E-state index contributed by atoms with van der Waals surface area (Å²) in [6.07, 6.45) is 0. The van der Waals surface area contributed by atoms with Crippen molar-refractivity contribution in [3.8, 4) is 10.8 Å². The van der Waals surface area contributed by atoms with Crippen LogP contribution in [0.4, 0.5) is 0 Å². The van der Waals surface area contributed by atoms with E-state index >= 15 is 0 Å². The Balaban J connectivity index is 2.01. The molecule has 0 radical (unpaired) electrons. The third-order valence-corrected chi connectivity index (χ3v) is 3.38. The molecular weight excluding hydrogens is 260 g/mol. The summed E-state index contributed by atoms with van der Waals surface area (Å²) in [6.45, 7) is 10.2. The lowest BCUT2D eigenvalue weighted by molar-refractivity contribution is 0.198. The number of aryl methyl sites for hydroxylation is 1. The zero-order chi connectivity index (χ0) is 14.0. The maximum Gasteiger partial charge on any atom is 0.241 e. The smallest absolute Gasteiger partial charge is 0.241 e. The van der Waals surface area contributed by atoms with E-state index in [1.54, 1.807) is 0 Å². The van der Waals surface area contributed by atoms with Gasteiger partial charge in [-0.3, -0.25) is 4.90 Å². The van der Waals surface area contributed by atoms with Gasteiger partial charge in [0.25, 0.3) is 0 Å². The summed E-state index contributed by atoms with van der Waals surface area (Å²) >= 11 is 1.54. The van der Waals surface area contributed by atoms with Gasteiger partial charge >= 0.3 is 0 Å². The lowest BCUT2D eigenvalue weighted by Crippen LogP contribution is -2.28. The highest BCUT2D eigenvalue weighted by Gasteiger charge is 2.17. The van der Waals surface area contributed by atoms with Crippen LogP contribution in [-0.4, -0.2) is 33.6 Å². The predicted octanol–water partition coefficient (Wildman–Crippen LogP) is 2.98. The molecule has 5 nitrogen and oxygen atoms in total. The maximum absolute atomic E-state index is 5.28. The van der Waals surface area contributed by atoms with Gasteiger partial charge in [-0.1, -0.05) is 25.9 Å². The fourth-order valence-electron chi connectivity index (χ4n) is 1.96. The molecule has 0 aliphatic heterocycles. The molecule has 2 heterocycles. The molecule has 0 saturated carbocycles. The average Bonchev–Trinajstić information content (AvgIpc) is 2.83. The van der Waals surface area contributed by atoms with E-state index in [0.29, 0.717) is 18.3 Å². The molecule has 0 atom stereocenters. The average molecular weight is 280 g/mol. The van der Waals surface area contributed by atoms with E-state index < -0.39 is 0 Å². The highest BCUT2D eigenvalue weighted by Crippen LogP contribution is 2.21. The number of hydrogen-bond acceptors (Lipinski definition) is 6. The van der Waals surface area contributed by atoms with Crippen molar-refractivity contribution in [2.75, 3.05) is 13.6 Å². The van der Waals surface area contributed by atoms with E-state index in [-0.39, 0.29) is 5.41 Å². The molecule has 6 heteroatoms. The second-order valence-electron chi connectivity index (χ2n) is 6.04. The van der Waals surface area contributed by atoms with Crippen molar-refractivity contribution < 1.29 is 4.52 Å². The molecule has 0 N–H and O–H groups in total. The van der Waals surface area contributed by atoms with Gasteiger partial charge in [-0.25, -0.2) is 4.98 Å². The van der Waals surface area contributed by atoms with E-state index in [2.05, 4.69) is 47.8 Å². The van der Waals surface area contributed by atoms with Crippen molar-refractivity contribution in [1.82, 2.24) is 20.0 Å². The first-order valence-electron chi connectivity index (χ1n) is 6.27. The summed E-state index contributed by atoms with van der Waals surface area (Å²) in [5, 5.41) is 6.78. The third-order valence-electron chi connectivity index (χ3n) is 2.43. The van der Waals surface area contributed by atoms with E-state index in [9.17, 15) is 0 Å². The fourth-order valence-corrected chi connectivity index (χ4v) is 2.68. The van der Waals surface area contributed by atoms with Crippen LogP contribution in [0.25, 0.3) is 10.8 Å². The number of rotatable bonds is 4. The van der Waals surface area contributed by atoms with E-state index in [0.717, 1.165) is 17.2 Å². The lowest BCUT2D eigenvalue weighted by atomic mass is 9.96. The predicted molar refractivity (Wildman–Crippen MR) is 75.9 cm³/mol. The van der Waals surface area contributed by atoms with Crippen LogP contribution in [0.2, 0.25) is 0 Å². The number of hydrogen-bond donors (Lipinski definition) is 0. The quantitative estimate of drug-likeness (QED) is 0.861. The second-order valence-corrected chi connectivity index (χ2v) is 6.90. The van der Waals surface area contributed by atoms with Crippen molar-refractivity contribution in [2.24, 2.45) is 5.41 Å². The number of aromatic nitrogens is 3. The Bertz CT molecular complexity index is 541. The molecule has 0 spiro atoms. The molecule has 0 bridgehead atoms. The van der Waals surface area contributed by atoms with Crippen LogP contribution in [0.5, 0.6) is 0 Å². The third kappa shape index (κ3) is 4.11. The molecule has 2 aromatic heterocycles. The van der Waals surface area contributed by atoms with Crippen molar-refractivity contribution in [3.63, 3.8) is 0 Å². The van der Waals surface area contributed by atoms with Crippen LogP contribution in [0.3, 0.4) is 0 Å². The minimum absolute atomic E-state index is 0.254. The first-order valence-corrected chi connectivity index (χ1v) is 7.15. The molecular formula is C13H20N4OS. The molecule has 0 aromatic carbocycles. The van der Waals surface area contributed by atoms with Gasteiger partial charge in [0, 0.05) is 17.6 Å². The Morgan fingerprint density at radius 3 is 2.63 bits per heavy atom. The molecule has 2 aromatic rings. The van der Waals surface area contributed by atoms with Crippen LogP contribution in [0, 0.1) is 12.3 Å². The Labute approximate surface area is 117 Å². The zero-order valence-electron chi connectivity index (χ0n) is 12.1. The van der Waals surface area contributed by atoms with Gasteiger partial charge in [-0.15, -0.1) is 11.3 Å². The first-order chi connectivity index (χ1) is 8.83. The maximum atomic E-state index is 5.28. The Morgan fingerprint density at radius 1 is 1.32 bits per heavy atom. The fraction of sp³-hybridized carbons (Fsp3) is 0.615. The normalized spacial score (nSPS) is 12.3. The molecule has 0 aliphatic rings. The summed E-state index contributed by atoms with van der Waals surface area (Å²) in [5.74, 6) is 1.21. The van der Waals surface area contributed by atoms with Crippen molar-refractivity contribution >= 4 is 11.3 Å². The second kappa shape index (κ2) is 5.38. The van der Waals surface area contributed by atoms with Gasteiger partial charge in [0.05, 0.1) is 6.54 Å². The van der Waals surface area contributed by atoms with E-state index in [4.69, 9.17) is 4.52 Å². The molecule has 0 unspecified atom stereocenters. The van der Waals surface area contributed by atoms with Crippen LogP contribution in [-0.2, 0) is 6.54 Å². The molecule has 2 rings (SSSR count). The summed E-state index contributed by atoms with van der Waals surface area (Å²) in [7, 11) is 2.06. The van der Waals surface area contributed by atoms with Crippen molar-refractivity contribution in [1.29, 1.82) is 0 Å². The van der Waals surface area contributed by atoms with Gasteiger partial charge in [0.1, 0.15) is 0 Å². The van der Waals surface area contributed by atoms with Crippen LogP contribution < -0.4 is 0 Å². The SMILES string of the molecule is Cc1csc(-c2noc(CN(C)CC(C)(C)C)n2)n1. The highest BCUT2D eigenvalue weighted by molar-refractivity contribution is 7.13. The largest absolute Gasteiger partial charge is 0.337 e. The van der Waals surface area contributed by atoms with Crippen LogP contribution >= 0.6 is 11.3 Å². The molecule has 0 aliphatic carbocycles. The Hall–Kier alpha value is -1.27. The van der Waals surface area contributed by atoms with Crippen LogP contribution in [0.15, 0.2) is 9.90 Å². The van der Waals surface area contributed by atoms with Crippen molar-refractivity contribution in [2.45, 2.75) is 34.2 Å². The summed E-state index contributed by atoms with van der Waals surface area (Å²) in [4.78, 5) is 10.9. The first kappa shape index (κ1) is 14.1. The monoisotopic (exact) mass is 280 g/mol. The molecule has 0 saturated heterocycles. The summed E-state index contributed by atoms with van der Waals surface area (Å²) < 4.78 is 5.28. The molecule has 104 valence electrons. The Kier molecular flexibility index (Phi) is 4.01. The number of thiazole rings is 1. The van der Waals surface area contributed by atoms with Crippen LogP contribution in [0.1, 0.15) is 32.4 Å². The molecule has 0 fully saturated rings. The van der Waals surface area contributed by atoms with E-state index in [1.165, 1.54) is 11.3 Å². The standard InChI is InChI=1S/C13H20N4OS/c1-9-7-19-12(14-9)11-15-10(18-16-11)6-17(5)8-13(2,3)4/h7H,6,8H2,1-5H3. The summed E-state index contributed by atoms with van der Waals surface area (Å²) in [5.41, 5.74) is 1.24. The van der Waals surface area contributed by atoms with Gasteiger partial charge in [0.2, 0.25) is 11.7 Å². The van der Waals surface area contributed by atoms with Gasteiger partial charge in [0.15, 0.2) is 5.01 Å². The molecule has 0 amide bonds. The number of nitrogens with zero attached hydrogens (tertiary/aromatic N) is 4. The zero-order valence-corrected chi connectivity index (χ0v) is 12.9. The highest BCUT2D eigenvalue weighted by atomic mass is 32.1. The minimum Gasteiger partial charge on any atom is -0.337 e. The Morgan fingerprint density at radius 2 is 2.05 bits per heavy atom. The topological polar surface area (TPSA) is 55.1 Å². The lowest BCUT2D eigenvalue weighted by Gasteiger charge is -2.25. The van der Waals surface area contributed by atoms with Gasteiger partial charge in [-0.05, 0) is 19.4 Å². The van der Waals surface area contributed by atoms with E-state index in [1.807, 2.05) is 12.3 Å². The van der Waals surface area contributed by atoms with Crippen molar-refractivity contribution in [3.05, 3.63) is 17.0 Å².